The molecule has 3 N–H and O–H groups in total. The number of carbonyl (C=O) groups excluding carboxylic acids is 1. The van der Waals surface area contributed by atoms with E-state index in [1.165, 1.54) is 4.68 Å². The highest BCUT2D eigenvalue weighted by Crippen LogP contribution is 2.14. The molecule has 17 heavy (non-hydrogen) atoms. The molecule has 0 bridgehead atoms. The molecule has 1 amide bonds. The van der Waals surface area contributed by atoms with Crippen LogP contribution in [0.3, 0.4) is 0 Å². The van der Waals surface area contributed by atoms with Crippen molar-refractivity contribution in [3.05, 3.63) is 35.8 Å². The molecule has 0 radical (unpaired) electrons. The second-order valence-electron chi connectivity index (χ2n) is 3.66. The number of nitrogens with one attached hydrogen (secondary N) is 1. The zero-order valence-electron chi connectivity index (χ0n) is 9.64. The highest BCUT2D eigenvalue weighted by Gasteiger charge is 2.11. The van der Waals surface area contributed by atoms with Crippen LogP contribution in [-0.4, -0.2) is 20.7 Å². The van der Waals surface area contributed by atoms with E-state index in [4.69, 9.17) is 5.73 Å². The molecule has 2 heterocycles. The Bertz CT molecular complexity index is 561. The van der Waals surface area contributed by atoms with Crippen LogP contribution in [0.5, 0.6) is 0 Å². The van der Waals surface area contributed by atoms with E-state index in [1.807, 2.05) is 0 Å². The third-order valence-corrected chi connectivity index (χ3v) is 2.41. The van der Waals surface area contributed by atoms with E-state index in [0.29, 0.717) is 22.9 Å². The largest absolute Gasteiger partial charge is 0.384 e. The van der Waals surface area contributed by atoms with Crippen LogP contribution in [0.1, 0.15) is 16.2 Å². The smallest absolute Gasteiger partial charge is 0.273 e. The van der Waals surface area contributed by atoms with Gasteiger partial charge in [0.15, 0.2) is 0 Å². The number of hydrogen-bond acceptors (Lipinski definition) is 4. The number of nitrogens with two attached hydrogens (primary N) is 1. The van der Waals surface area contributed by atoms with Crippen molar-refractivity contribution in [3.63, 3.8) is 0 Å². The lowest BCUT2D eigenvalue weighted by atomic mass is 10.3. The average Bonchev–Trinajstić information content (AvgIpc) is 2.68. The van der Waals surface area contributed by atoms with E-state index in [1.54, 1.807) is 38.4 Å². The van der Waals surface area contributed by atoms with Gasteiger partial charge in [0.1, 0.15) is 11.5 Å². The average molecular weight is 231 g/mol. The summed E-state index contributed by atoms with van der Waals surface area (Å²) in [7, 11) is 1.71. The summed E-state index contributed by atoms with van der Waals surface area (Å²) in [6.07, 6.45) is 1.57. The van der Waals surface area contributed by atoms with Crippen molar-refractivity contribution < 1.29 is 4.79 Å². The Morgan fingerprint density at radius 3 is 2.76 bits per heavy atom. The van der Waals surface area contributed by atoms with Gasteiger partial charge in [-0.25, -0.2) is 4.98 Å². The minimum atomic E-state index is -0.223. The van der Waals surface area contributed by atoms with Crippen LogP contribution in [0, 0.1) is 6.92 Å². The molecule has 88 valence electrons. The Labute approximate surface area is 98.5 Å². The topological polar surface area (TPSA) is 85.8 Å². The molecule has 6 nitrogen and oxygen atoms in total. The van der Waals surface area contributed by atoms with Gasteiger partial charge in [0.2, 0.25) is 0 Å². The van der Waals surface area contributed by atoms with Crippen molar-refractivity contribution in [1.82, 2.24) is 14.8 Å². The van der Waals surface area contributed by atoms with Crippen LogP contribution in [0.4, 0.5) is 11.5 Å². The first-order valence-corrected chi connectivity index (χ1v) is 5.10. The predicted molar refractivity (Wildman–Crippen MR) is 64.5 cm³/mol. The maximum absolute atomic E-state index is 11.9. The number of anilines is 2. The third kappa shape index (κ3) is 2.25. The maximum atomic E-state index is 11.9. The highest BCUT2D eigenvalue weighted by molar-refractivity contribution is 6.03. The van der Waals surface area contributed by atoms with Gasteiger partial charge in [0.25, 0.3) is 5.91 Å². The van der Waals surface area contributed by atoms with Gasteiger partial charge in [0, 0.05) is 13.2 Å². The summed E-state index contributed by atoms with van der Waals surface area (Å²) < 4.78 is 1.51. The second kappa shape index (κ2) is 4.25. The fourth-order valence-electron chi connectivity index (χ4n) is 1.50. The molecular formula is C11H13N5O. The Morgan fingerprint density at radius 2 is 2.18 bits per heavy atom. The first kappa shape index (κ1) is 11.1. The zero-order valence-corrected chi connectivity index (χ0v) is 9.64. The van der Waals surface area contributed by atoms with Crippen molar-refractivity contribution in [1.29, 1.82) is 0 Å². The summed E-state index contributed by atoms with van der Waals surface area (Å²) >= 11 is 0. The zero-order chi connectivity index (χ0) is 12.4. The van der Waals surface area contributed by atoms with E-state index < -0.39 is 0 Å². The lowest BCUT2D eigenvalue weighted by molar-refractivity contribution is 0.101. The van der Waals surface area contributed by atoms with Crippen LogP contribution >= 0.6 is 0 Å². The molecule has 2 aromatic heterocycles. The standard InChI is InChI=1S/C11H13N5O/c1-7-8(3-4-10(12)14-7)15-11(17)9-5-6-13-16(9)2/h3-6H,1-2H3,(H2,12,14)(H,15,17). The SMILES string of the molecule is Cc1nc(N)ccc1NC(=O)c1ccnn1C. The number of carbonyl (C=O) groups is 1. The highest BCUT2D eigenvalue weighted by atomic mass is 16.2. The molecule has 0 saturated heterocycles. The fraction of sp³-hybridized carbons (Fsp3) is 0.182. The number of rotatable bonds is 2. The number of hydrogen-bond donors (Lipinski definition) is 2. The van der Waals surface area contributed by atoms with Gasteiger partial charge in [-0.1, -0.05) is 0 Å². The van der Waals surface area contributed by atoms with Gasteiger partial charge in [-0.2, -0.15) is 5.10 Å². The second-order valence-corrected chi connectivity index (χ2v) is 3.66. The molecule has 2 aromatic rings. The molecule has 0 spiro atoms. The van der Waals surface area contributed by atoms with Gasteiger partial charge >= 0.3 is 0 Å². The summed E-state index contributed by atoms with van der Waals surface area (Å²) in [5.41, 5.74) is 7.35. The molecule has 2 rings (SSSR count). The number of aryl methyl sites for hydroxylation is 2. The van der Waals surface area contributed by atoms with E-state index in [-0.39, 0.29) is 5.91 Å². The Morgan fingerprint density at radius 1 is 1.41 bits per heavy atom. The molecule has 0 aliphatic carbocycles. The first-order chi connectivity index (χ1) is 8.08. The lowest BCUT2D eigenvalue weighted by Gasteiger charge is -2.08. The normalized spacial score (nSPS) is 10.2. The predicted octanol–water partition coefficient (Wildman–Crippen LogP) is 0.958. The molecule has 0 saturated carbocycles. The van der Waals surface area contributed by atoms with Crippen LogP contribution in [0.25, 0.3) is 0 Å². The van der Waals surface area contributed by atoms with Crippen molar-refractivity contribution in [2.45, 2.75) is 6.92 Å². The van der Waals surface area contributed by atoms with Gasteiger partial charge in [-0.3, -0.25) is 9.48 Å². The van der Waals surface area contributed by atoms with Crippen molar-refractivity contribution in [2.24, 2.45) is 7.05 Å². The van der Waals surface area contributed by atoms with Gasteiger partial charge in [-0.15, -0.1) is 0 Å². The van der Waals surface area contributed by atoms with Crippen molar-refractivity contribution >= 4 is 17.4 Å². The molecule has 0 aliphatic heterocycles. The molecule has 0 unspecified atom stereocenters. The van der Waals surface area contributed by atoms with E-state index in [2.05, 4.69) is 15.4 Å². The number of amides is 1. The third-order valence-electron chi connectivity index (χ3n) is 2.41. The Kier molecular flexibility index (Phi) is 2.78. The van der Waals surface area contributed by atoms with Crippen molar-refractivity contribution in [2.75, 3.05) is 11.1 Å². The summed E-state index contributed by atoms with van der Waals surface area (Å²) in [6, 6.07) is 5.02. The van der Waals surface area contributed by atoms with Crippen molar-refractivity contribution in [3.8, 4) is 0 Å². The van der Waals surface area contributed by atoms with Crippen LogP contribution in [0.2, 0.25) is 0 Å². The van der Waals surface area contributed by atoms with Gasteiger partial charge in [0.05, 0.1) is 11.4 Å². The number of aromatic nitrogens is 3. The minimum Gasteiger partial charge on any atom is -0.384 e. The molecule has 0 fully saturated rings. The first-order valence-electron chi connectivity index (χ1n) is 5.10. The Balaban J connectivity index is 2.22. The maximum Gasteiger partial charge on any atom is 0.273 e. The fourth-order valence-corrected chi connectivity index (χ4v) is 1.50. The molecular weight excluding hydrogens is 218 g/mol. The molecule has 6 heteroatoms. The summed E-state index contributed by atoms with van der Waals surface area (Å²) in [5.74, 6) is 0.209. The van der Waals surface area contributed by atoms with Crippen LogP contribution in [-0.2, 0) is 7.05 Å². The molecule has 0 aromatic carbocycles. The summed E-state index contributed by atoms with van der Waals surface area (Å²) in [6.45, 7) is 1.79. The van der Waals surface area contributed by atoms with E-state index in [9.17, 15) is 4.79 Å². The summed E-state index contributed by atoms with van der Waals surface area (Å²) in [4.78, 5) is 16.0. The number of nitrogen functional groups attached to an aromatic ring is 1. The molecule has 0 aliphatic rings. The lowest BCUT2D eigenvalue weighted by Crippen LogP contribution is -2.17. The summed E-state index contributed by atoms with van der Waals surface area (Å²) in [5, 5.41) is 6.70. The Hall–Kier alpha value is -2.37. The van der Waals surface area contributed by atoms with Gasteiger partial charge in [-0.05, 0) is 25.1 Å². The minimum absolute atomic E-state index is 0.223. The van der Waals surface area contributed by atoms with E-state index >= 15 is 0 Å². The van der Waals surface area contributed by atoms with Crippen LogP contribution < -0.4 is 11.1 Å². The monoisotopic (exact) mass is 231 g/mol. The number of pyridine rings is 1. The number of nitrogens with zero attached hydrogens (tertiary/aromatic N) is 3. The van der Waals surface area contributed by atoms with Crippen LogP contribution in [0.15, 0.2) is 24.4 Å². The quantitative estimate of drug-likeness (QED) is 0.806. The van der Waals surface area contributed by atoms with E-state index in [0.717, 1.165) is 0 Å². The molecule has 0 atom stereocenters. The van der Waals surface area contributed by atoms with Gasteiger partial charge < -0.3 is 11.1 Å².